The monoisotopic (exact) mass is 208 g/mol. The van der Waals surface area contributed by atoms with Gasteiger partial charge in [-0.2, -0.15) is 5.26 Å². The summed E-state index contributed by atoms with van der Waals surface area (Å²) in [7, 11) is 0. The zero-order chi connectivity index (χ0) is 10.6. The first-order valence-electron chi connectivity index (χ1n) is 4.09. The topological polar surface area (TPSA) is 52.9 Å². The lowest BCUT2D eigenvalue weighted by Crippen LogP contribution is -2.18. The molecule has 14 heavy (non-hydrogen) atoms. The molecule has 4 heteroatoms. The van der Waals surface area contributed by atoms with Gasteiger partial charge in [0, 0.05) is 10.7 Å². The van der Waals surface area contributed by atoms with E-state index in [1.807, 2.05) is 6.07 Å². The molecular formula is C10H9ClN2O. The zero-order valence-electron chi connectivity index (χ0n) is 7.62. The van der Waals surface area contributed by atoms with Crippen LogP contribution in [0.1, 0.15) is 6.92 Å². The molecule has 1 N–H and O–H groups in total. The summed E-state index contributed by atoms with van der Waals surface area (Å²) >= 11 is 5.67. The number of rotatable bonds is 2. The van der Waals surface area contributed by atoms with Gasteiger partial charge in [0.15, 0.2) is 0 Å². The van der Waals surface area contributed by atoms with Crippen molar-refractivity contribution >= 4 is 23.2 Å². The molecule has 0 spiro atoms. The molecule has 1 atom stereocenters. The van der Waals surface area contributed by atoms with E-state index in [2.05, 4.69) is 5.32 Å². The molecule has 0 radical (unpaired) electrons. The second-order valence-corrected chi connectivity index (χ2v) is 3.28. The highest BCUT2D eigenvalue weighted by Crippen LogP contribution is 2.13. The van der Waals surface area contributed by atoms with Crippen LogP contribution in [0, 0.1) is 17.2 Å². The van der Waals surface area contributed by atoms with Gasteiger partial charge in [-0.25, -0.2) is 0 Å². The second-order valence-electron chi connectivity index (χ2n) is 2.85. The first-order chi connectivity index (χ1) is 6.63. The summed E-state index contributed by atoms with van der Waals surface area (Å²) < 4.78 is 0. The predicted octanol–water partition coefficient (Wildman–Crippen LogP) is 2.44. The maximum atomic E-state index is 11.3. The third-order valence-corrected chi connectivity index (χ3v) is 1.95. The number of halogens is 1. The molecule has 1 aromatic rings. The fourth-order valence-corrected chi connectivity index (χ4v) is 0.968. The van der Waals surface area contributed by atoms with E-state index >= 15 is 0 Å². The minimum Gasteiger partial charge on any atom is -0.325 e. The standard InChI is InChI=1S/C10H9ClN2O/c1-7(6-12)10(14)13-9-4-2-8(11)3-5-9/h2-5,7H,1H3,(H,13,14). The maximum absolute atomic E-state index is 11.3. The van der Waals surface area contributed by atoms with Gasteiger partial charge in [-0.05, 0) is 31.2 Å². The fourth-order valence-electron chi connectivity index (χ4n) is 0.842. The van der Waals surface area contributed by atoms with Crippen molar-refractivity contribution in [1.29, 1.82) is 5.26 Å². The van der Waals surface area contributed by atoms with Crippen LogP contribution in [0.15, 0.2) is 24.3 Å². The Morgan fingerprint density at radius 1 is 1.50 bits per heavy atom. The Labute approximate surface area is 87.3 Å². The molecule has 1 unspecified atom stereocenters. The van der Waals surface area contributed by atoms with E-state index in [1.54, 1.807) is 31.2 Å². The minimum atomic E-state index is -0.648. The summed E-state index contributed by atoms with van der Waals surface area (Å²) in [5, 5.41) is 11.7. The van der Waals surface area contributed by atoms with Crippen LogP contribution in [-0.2, 0) is 4.79 Å². The molecule has 0 fully saturated rings. The van der Waals surface area contributed by atoms with Gasteiger partial charge >= 0.3 is 0 Å². The van der Waals surface area contributed by atoms with E-state index in [0.717, 1.165) is 0 Å². The SMILES string of the molecule is CC(C#N)C(=O)Nc1ccc(Cl)cc1. The highest BCUT2D eigenvalue weighted by molar-refractivity contribution is 6.30. The summed E-state index contributed by atoms with van der Waals surface area (Å²) in [6.45, 7) is 1.55. The lowest BCUT2D eigenvalue weighted by Gasteiger charge is -2.05. The molecule has 0 aliphatic carbocycles. The number of hydrogen-bond acceptors (Lipinski definition) is 2. The summed E-state index contributed by atoms with van der Waals surface area (Å²) in [5.41, 5.74) is 0.640. The Morgan fingerprint density at radius 3 is 2.57 bits per heavy atom. The summed E-state index contributed by atoms with van der Waals surface area (Å²) in [4.78, 5) is 11.3. The van der Waals surface area contributed by atoms with E-state index in [1.165, 1.54) is 0 Å². The van der Waals surface area contributed by atoms with E-state index in [9.17, 15) is 4.79 Å². The van der Waals surface area contributed by atoms with Crippen LogP contribution in [0.5, 0.6) is 0 Å². The number of amides is 1. The summed E-state index contributed by atoms with van der Waals surface area (Å²) in [5.74, 6) is -0.958. The predicted molar refractivity (Wildman–Crippen MR) is 54.9 cm³/mol. The van der Waals surface area contributed by atoms with E-state index in [4.69, 9.17) is 16.9 Å². The normalized spacial score (nSPS) is 11.5. The quantitative estimate of drug-likeness (QED) is 0.812. The summed E-state index contributed by atoms with van der Waals surface area (Å²) in [6.07, 6.45) is 0. The van der Waals surface area contributed by atoms with E-state index in [0.29, 0.717) is 10.7 Å². The van der Waals surface area contributed by atoms with Crippen molar-refractivity contribution in [2.45, 2.75) is 6.92 Å². The second kappa shape index (κ2) is 4.64. The van der Waals surface area contributed by atoms with Gasteiger partial charge in [0.1, 0.15) is 5.92 Å². The number of carbonyl (C=O) groups excluding carboxylic acids is 1. The minimum absolute atomic E-state index is 0.310. The van der Waals surface area contributed by atoms with Crippen LogP contribution >= 0.6 is 11.6 Å². The first kappa shape index (κ1) is 10.6. The molecule has 0 aliphatic rings. The Hall–Kier alpha value is -1.53. The van der Waals surface area contributed by atoms with Crippen LogP contribution < -0.4 is 5.32 Å². The Balaban J connectivity index is 2.66. The number of carbonyl (C=O) groups is 1. The molecule has 1 rings (SSSR count). The molecule has 1 amide bonds. The number of hydrogen-bond donors (Lipinski definition) is 1. The number of nitrogens with one attached hydrogen (secondary N) is 1. The Bertz CT molecular complexity index is 367. The van der Waals surface area contributed by atoms with E-state index < -0.39 is 5.92 Å². The maximum Gasteiger partial charge on any atom is 0.241 e. The van der Waals surface area contributed by atoms with Crippen molar-refractivity contribution in [1.82, 2.24) is 0 Å². The van der Waals surface area contributed by atoms with Gasteiger partial charge in [-0.15, -0.1) is 0 Å². The van der Waals surface area contributed by atoms with Crippen molar-refractivity contribution in [2.75, 3.05) is 5.32 Å². The molecule has 0 aliphatic heterocycles. The third kappa shape index (κ3) is 2.75. The fraction of sp³-hybridized carbons (Fsp3) is 0.200. The number of nitriles is 1. The smallest absolute Gasteiger partial charge is 0.241 e. The van der Waals surface area contributed by atoms with Crippen LogP contribution in [0.25, 0.3) is 0 Å². The molecule has 0 heterocycles. The summed E-state index contributed by atoms with van der Waals surface area (Å²) in [6, 6.07) is 8.58. The Morgan fingerprint density at radius 2 is 2.07 bits per heavy atom. The zero-order valence-corrected chi connectivity index (χ0v) is 8.38. The average molecular weight is 209 g/mol. The number of nitrogens with zero attached hydrogens (tertiary/aromatic N) is 1. The van der Waals surface area contributed by atoms with Crippen LogP contribution in [-0.4, -0.2) is 5.91 Å². The highest BCUT2D eigenvalue weighted by atomic mass is 35.5. The largest absolute Gasteiger partial charge is 0.325 e. The van der Waals surface area contributed by atoms with Crippen molar-refractivity contribution in [3.8, 4) is 6.07 Å². The molecule has 0 saturated heterocycles. The first-order valence-corrected chi connectivity index (χ1v) is 4.47. The highest BCUT2D eigenvalue weighted by Gasteiger charge is 2.10. The van der Waals surface area contributed by atoms with Crippen LogP contribution in [0.4, 0.5) is 5.69 Å². The van der Waals surface area contributed by atoms with Crippen molar-refractivity contribution in [2.24, 2.45) is 5.92 Å². The Kier molecular flexibility index (Phi) is 3.49. The molecular weight excluding hydrogens is 200 g/mol. The van der Waals surface area contributed by atoms with Gasteiger partial charge in [0.05, 0.1) is 6.07 Å². The molecule has 72 valence electrons. The molecule has 0 bridgehead atoms. The van der Waals surface area contributed by atoms with E-state index in [-0.39, 0.29) is 5.91 Å². The van der Waals surface area contributed by atoms with Gasteiger partial charge in [0.25, 0.3) is 0 Å². The van der Waals surface area contributed by atoms with Crippen LogP contribution in [0.3, 0.4) is 0 Å². The molecule has 3 nitrogen and oxygen atoms in total. The van der Waals surface area contributed by atoms with Gasteiger partial charge in [0.2, 0.25) is 5.91 Å². The van der Waals surface area contributed by atoms with Crippen molar-refractivity contribution in [3.05, 3.63) is 29.3 Å². The number of benzene rings is 1. The molecule has 1 aromatic carbocycles. The number of anilines is 1. The van der Waals surface area contributed by atoms with Crippen molar-refractivity contribution in [3.63, 3.8) is 0 Å². The third-order valence-electron chi connectivity index (χ3n) is 1.70. The van der Waals surface area contributed by atoms with Crippen LogP contribution in [0.2, 0.25) is 5.02 Å². The van der Waals surface area contributed by atoms with Crippen molar-refractivity contribution < 1.29 is 4.79 Å². The molecule has 0 saturated carbocycles. The van der Waals surface area contributed by atoms with Gasteiger partial charge < -0.3 is 5.32 Å². The lowest BCUT2D eigenvalue weighted by molar-refractivity contribution is -0.117. The lowest BCUT2D eigenvalue weighted by atomic mass is 10.2. The average Bonchev–Trinajstić information content (AvgIpc) is 2.20. The molecule has 0 aromatic heterocycles. The van der Waals surface area contributed by atoms with Gasteiger partial charge in [-0.3, -0.25) is 4.79 Å². The van der Waals surface area contributed by atoms with Gasteiger partial charge in [-0.1, -0.05) is 11.6 Å².